The zero-order valence-corrected chi connectivity index (χ0v) is 11.8. The van der Waals surface area contributed by atoms with Crippen LogP contribution in [-0.2, 0) is 6.54 Å². The standard InChI is InChI=1S/C15H21N3O/c1-4-19-14-7-5-13(6-8-14)15(16)10-18-12(3)9-11(2)17-18/h5-9,15H,4,10,16H2,1-3H3. The number of nitrogens with two attached hydrogens (primary N) is 1. The van der Waals surface area contributed by atoms with Crippen molar-refractivity contribution in [3.63, 3.8) is 0 Å². The molecule has 4 heteroatoms. The van der Waals surface area contributed by atoms with Crippen molar-refractivity contribution < 1.29 is 4.74 Å². The predicted molar refractivity (Wildman–Crippen MR) is 76.2 cm³/mol. The molecule has 0 aliphatic heterocycles. The molecule has 0 aliphatic rings. The average Bonchev–Trinajstić information content (AvgIpc) is 2.69. The van der Waals surface area contributed by atoms with Gasteiger partial charge in [-0.1, -0.05) is 12.1 Å². The van der Waals surface area contributed by atoms with Gasteiger partial charge in [0.1, 0.15) is 5.75 Å². The molecule has 2 N–H and O–H groups in total. The summed E-state index contributed by atoms with van der Waals surface area (Å²) in [5.41, 5.74) is 9.48. The van der Waals surface area contributed by atoms with E-state index in [0.29, 0.717) is 13.2 Å². The lowest BCUT2D eigenvalue weighted by molar-refractivity contribution is 0.340. The minimum atomic E-state index is -0.0614. The zero-order valence-electron chi connectivity index (χ0n) is 11.8. The first-order valence-electron chi connectivity index (χ1n) is 6.59. The lowest BCUT2D eigenvalue weighted by atomic mass is 10.1. The molecule has 2 rings (SSSR count). The Morgan fingerprint density at radius 2 is 1.95 bits per heavy atom. The molecule has 0 amide bonds. The smallest absolute Gasteiger partial charge is 0.119 e. The van der Waals surface area contributed by atoms with Crippen molar-refractivity contribution in [2.24, 2.45) is 5.73 Å². The highest BCUT2D eigenvalue weighted by Gasteiger charge is 2.09. The van der Waals surface area contributed by atoms with Gasteiger partial charge in [0.05, 0.1) is 18.8 Å². The van der Waals surface area contributed by atoms with Crippen LogP contribution >= 0.6 is 0 Å². The van der Waals surface area contributed by atoms with Gasteiger partial charge in [0.15, 0.2) is 0 Å². The highest BCUT2D eigenvalue weighted by atomic mass is 16.5. The van der Waals surface area contributed by atoms with Crippen LogP contribution in [0.1, 0.15) is 29.9 Å². The number of rotatable bonds is 5. The van der Waals surface area contributed by atoms with E-state index < -0.39 is 0 Å². The van der Waals surface area contributed by atoms with Crippen molar-refractivity contribution in [1.82, 2.24) is 9.78 Å². The summed E-state index contributed by atoms with van der Waals surface area (Å²) >= 11 is 0. The first kappa shape index (κ1) is 13.6. The van der Waals surface area contributed by atoms with Crippen LogP contribution in [0.15, 0.2) is 30.3 Å². The van der Waals surface area contributed by atoms with Crippen molar-refractivity contribution >= 4 is 0 Å². The molecule has 19 heavy (non-hydrogen) atoms. The summed E-state index contributed by atoms with van der Waals surface area (Å²) in [5.74, 6) is 0.879. The van der Waals surface area contributed by atoms with Crippen LogP contribution < -0.4 is 10.5 Å². The Morgan fingerprint density at radius 1 is 1.26 bits per heavy atom. The van der Waals surface area contributed by atoms with Gasteiger partial charge in [0.25, 0.3) is 0 Å². The molecule has 0 aliphatic carbocycles. The van der Waals surface area contributed by atoms with Crippen molar-refractivity contribution in [3.05, 3.63) is 47.3 Å². The minimum Gasteiger partial charge on any atom is -0.494 e. The first-order valence-corrected chi connectivity index (χ1v) is 6.59. The lowest BCUT2D eigenvalue weighted by Crippen LogP contribution is -2.19. The van der Waals surface area contributed by atoms with E-state index in [1.807, 2.05) is 49.7 Å². The zero-order chi connectivity index (χ0) is 13.8. The fraction of sp³-hybridized carbons (Fsp3) is 0.400. The molecule has 102 valence electrons. The maximum Gasteiger partial charge on any atom is 0.119 e. The number of aromatic nitrogens is 2. The Morgan fingerprint density at radius 3 is 2.47 bits per heavy atom. The lowest BCUT2D eigenvalue weighted by Gasteiger charge is -2.14. The van der Waals surface area contributed by atoms with Crippen LogP contribution in [0.5, 0.6) is 5.75 Å². The highest BCUT2D eigenvalue weighted by molar-refractivity contribution is 5.29. The van der Waals surface area contributed by atoms with E-state index in [9.17, 15) is 0 Å². The molecule has 1 unspecified atom stereocenters. The van der Waals surface area contributed by atoms with Gasteiger partial charge in [-0.15, -0.1) is 0 Å². The molecule has 0 saturated heterocycles. The molecule has 0 saturated carbocycles. The molecule has 0 fully saturated rings. The normalized spacial score (nSPS) is 12.4. The predicted octanol–water partition coefficient (Wildman–Crippen LogP) is 2.60. The molecule has 1 aromatic heterocycles. The van der Waals surface area contributed by atoms with E-state index in [1.54, 1.807) is 0 Å². The Hall–Kier alpha value is -1.81. The van der Waals surface area contributed by atoms with Crippen LogP contribution in [0, 0.1) is 13.8 Å². The van der Waals surface area contributed by atoms with Crippen molar-refractivity contribution in [3.8, 4) is 5.75 Å². The third kappa shape index (κ3) is 3.35. The second-order valence-corrected chi connectivity index (χ2v) is 4.72. The maximum atomic E-state index is 6.23. The first-order chi connectivity index (χ1) is 9.10. The van der Waals surface area contributed by atoms with Crippen LogP contribution in [-0.4, -0.2) is 16.4 Å². The fourth-order valence-electron chi connectivity index (χ4n) is 2.13. The Kier molecular flexibility index (Phi) is 4.22. The van der Waals surface area contributed by atoms with Crippen molar-refractivity contribution in [1.29, 1.82) is 0 Å². The van der Waals surface area contributed by atoms with Gasteiger partial charge in [-0.3, -0.25) is 4.68 Å². The third-order valence-corrected chi connectivity index (χ3v) is 3.09. The van der Waals surface area contributed by atoms with Gasteiger partial charge in [-0.05, 0) is 44.5 Å². The largest absolute Gasteiger partial charge is 0.494 e. The molecular formula is C15H21N3O. The topological polar surface area (TPSA) is 53.1 Å². The van der Waals surface area contributed by atoms with E-state index in [2.05, 4.69) is 11.2 Å². The molecular weight excluding hydrogens is 238 g/mol. The Balaban J connectivity index is 2.07. The number of nitrogens with zero attached hydrogens (tertiary/aromatic N) is 2. The second kappa shape index (κ2) is 5.89. The van der Waals surface area contributed by atoms with E-state index >= 15 is 0 Å². The van der Waals surface area contributed by atoms with E-state index in [1.165, 1.54) is 0 Å². The number of hydrogen-bond donors (Lipinski definition) is 1. The van der Waals surface area contributed by atoms with Crippen molar-refractivity contribution in [2.45, 2.75) is 33.4 Å². The van der Waals surface area contributed by atoms with Gasteiger partial charge in [-0.2, -0.15) is 5.10 Å². The Labute approximate surface area is 114 Å². The van der Waals surface area contributed by atoms with Gasteiger partial charge in [-0.25, -0.2) is 0 Å². The maximum absolute atomic E-state index is 6.23. The van der Waals surface area contributed by atoms with Crippen LogP contribution in [0.2, 0.25) is 0 Å². The van der Waals surface area contributed by atoms with Gasteiger partial charge >= 0.3 is 0 Å². The molecule has 1 heterocycles. The number of ether oxygens (including phenoxy) is 1. The van der Waals surface area contributed by atoms with Crippen LogP contribution in [0.25, 0.3) is 0 Å². The monoisotopic (exact) mass is 259 g/mol. The van der Waals surface area contributed by atoms with Gasteiger partial charge in [0.2, 0.25) is 0 Å². The quantitative estimate of drug-likeness (QED) is 0.898. The van der Waals surface area contributed by atoms with Crippen LogP contribution in [0.3, 0.4) is 0 Å². The van der Waals surface area contributed by atoms with E-state index in [0.717, 1.165) is 22.7 Å². The number of benzene rings is 1. The van der Waals surface area contributed by atoms with Crippen molar-refractivity contribution in [2.75, 3.05) is 6.61 Å². The van der Waals surface area contributed by atoms with Gasteiger partial charge < -0.3 is 10.5 Å². The van der Waals surface area contributed by atoms with E-state index in [-0.39, 0.29) is 6.04 Å². The second-order valence-electron chi connectivity index (χ2n) is 4.72. The number of aryl methyl sites for hydroxylation is 2. The fourth-order valence-corrected chi connectivity index (χ4v) is 2.13. The average molecular weight is 259 g/mol. The summed E-state index contributed by atoms with van der Waals surface area (Å²) in [4.78, 5) is 0. The number of hydrogen-bond acceptors (Lipinski definition) is 3. The summed E-state index contributed by atoms with van der Waals surface area (Å²) in [5, 5.41) is 4.43. The highest BCUT2D eigenvalue weighted by Crippen LogP contribution is 2.18. The molecule has 4 nitrogen and oxygen atoms in total. The summed E-state index contributed by atoms with van der Waals surface area (Å²) in [7, 11) is 0. The van der Waals surface area contributed by atoms with Crippen LogP contribution in [0.4, 0.5) is 0 Å². The summed E-state index contributed by atoms with van der Waals surface area (Å²) in [6.07, 6.45) is 0. The minimum absolute atomic E-state index is 0.0614. The Bertz CT molecular complexity index is 531. The molecule has 0 radical (unpaired) electrons. The van der Waals surface area contributed by atoms with Gasteiger partial charge in [0, 0.05) is 11.7 Å². The SMILES string of the molecule is CCOc1ccc(C(N)Cn2nc(C)cc2C)cc1. The summed E-state index contributed by atoms with van der Waals surface area (Å²) in [6.45, 7) is 7.38. The summed E-state index contributed by atoms with van der Waals surface area (Å²) < 4.78 is 7.38. The molecule has 1 aromatic carbocycles. The molecule has 1 atom stereocenters. The molecule has 0 spiro atoms. The van der Waals surface area contributed by atoms with E-state index in [4.69, 9.17) is 10.5 Å². The summed E-state index contributed by atoms with van der Waals surface area (Å²) in [6, 6.07) is 9.95. The third-order valence-electron chi connectivity index (χ3n) is 3.09. The molecule has 2 aromatic rings. The molecule has 0 bridgehead atoms.